The van der Waals surface area contributed by atoms with Crippen LogP contribution in [0.1, 0.15) is 19.3 Å². The Morgan fingerprint density at radius 1 is 1.14 bits per heavy atom. The van der Waals surface area contributed by atoms with Crippen molar-refractivity contribution in [2.45, 2.75) is 19.3 Å². The Morgan fingerprint density at radius 3 is 2.14 bits per heavy atom. The molecule has 1 aliphatic heterocycles. The number of nitrogens with one attached hydrogen (secondary N) is 1. The molecule has 1 fully saturated rings. The molecule has 1 aliphatic rings. The van der Waals surface area contributed by atoms with Crippen LogP contribution in [0, 0.1) is 5.92 Å². The molecule has 2 amide bonds. The first-order chi connectivity index (χ1) is 9.88. The van der Waals surface area contributed by atoms with E-state index in [9.17, 15) is 14.4 Å². The predicted molar refractivity (Wildman–Crippen MR) is 75.1 cm³/mol. The standard InChI is InChI=1S/C13H23N3O5/c1-15-6-3-10(4-7-15)2-5-14-13(21)16(8-11(17)18)9-12(19)20/h10H,2-9H2,1H3,(H,14,21)(H,17,18)(H,19,20). The van der Waals surface area contributed by atoms with Gasteiger partial charge in [-0.1, -0.05) is 0 Å². The fourth-order valence-corrected chi connectivity index (χ4v) is 2.37. The summed E-state index contributed by atoms with van der Waals surface area (Å²) in [7, 11) is 2.08. The summed E-state index contributed by atoms with van der Waals surface area (Å²) in [6.07, 6.45) is 2.99. The van der Waals surface area contributed by atoms with E-state index in [2.05, 4.69) is 17.3 Å². The molecule has 1 saturated heterocycles. The summed E-state index contributed by atoms with van der Waals surface area (Å²) in [4.78, 5) is 36.1. The topological polar surface area (TPSA) is 110 Å². The van der Waals surface area contributed by atoms with Gasteiger partial charge in [0.05, 0.1) is 0 Å². The van der Waals surface area contributed by atoms with Crippen molar-refractivity contribution in [3.05, 3.63) is 0 Å². The number of aliphatic carboxylic acids is 2. The lowest BCUT2D eigenvalue weighted by Crippen LogP contribution is -2.45. The zero-order valence-electron chi connectivity index (χ0n) is 12.2. The SMILES string of the molecule is CN1CCC(CCNC(=O)N(CC(=O)O)CC(=O)O)CC1. The van der Waals surface area contributed by atoms with Crippen molar-refractivity contribution in [2.24, 2.45) is 5.92 Å². The third-order valence-corrected chi connectivity index (χ3v) is 3.61. The highest BCUT2D eigenvalue weighted by Crippen LogP contribution is 2.18. The largest absolute Gasteiger partial charge is 0.480 e. The summed E-state index contributed by atoms with van der Waals surface area (Å²) < 4.78 is 0. The van der Waals surface area contributed by atoms with Crippen LogP contribution in [0.5, 0.6) is 0 Å². The molecule has 0 atom stereocenters. The maximum Gasteiger partial charge on any atom is 0.323 e. The lowest BCUT2D eigenvalue weighted by Gasteiger charge is -2.29. The van der Waals surface area contributed by atoms with Crippen molar-refractivity contribution in [2.75, 3.05) is 39.8 Å². The van der Waals surface area contributed by atoms with Crippen LogP contribution in [0.2, 0.25) is 0 Å². The van der Waals surface area contributed by atoms with Gasteiger partial charge < -0.3 is 25.3 Å². The van der Waals surface area contributed by atoms with Gasteiger partial charge in [-0.05, 0) is 45.3 Å². The molecule has 3 N–H and O–H groups in total. The second kappa shape index (κ2) is 8.46. The zero-order chi connectivity index (χ0) is 15.8. The number of nitrogens with zero attached hydrogens (tertiary/aromatic N) is 2. The van der Waals surface area contributed by atoms with Gasteiger partial charge in [-0.25, -0.2) is 4.79 Å². The van der Waals surface area contributed by atoms with E-state index in [-0.39, 0.29) is 0 Å². The van der Waals surface area contributed by atoms with Crippen molar-refractivity contribution in [1.82, 2.24) is 15.1 Å². The van der Waals surface area contributed by atoms with Crippen molar-refractivity contribution in [1.29, 1.82) is 0 Å². The Morgan fingerprint density at radius 2 is 1.67 bits per heavy atom. The van der Waals surface area contributed by atoms with Crippen LogP contribution >= 0.6 is 0 Å². The number of rotatable bonds is 7. The summed E-state index contributed by atoms with van der Waals surface area (Å²) in [6, 6.07) is -0.646. The normalized spacial score (nSPS) is 16.4. The Hall–Kier alpha value is -1.83. The second-order valence-corrected chi connectivity index (χ2v) is 5.41. The van der Waals surface area contributed by atoms with Crippen molar-refractivity contribution < 1.29 is 24.6 Å². The number of hydrogen-bond donors (Lipinski definition) is 3. The predicted octanol–water partition coefficient (Wildman–Crippen LogP) is -0.101. The highest BCUT2D eigenvalue weighted by atomic mass is 16.4. The van der Waals surface area contributed by atoms with E-state index in [1.807, 2.05) is 0 Å². The molecule has 0 radical (unpaired) electrons. The van der Waals surface area contributed by atoms with Gasteiger partial charge in [-0.15, -0.1) is 0 Å². The molecule has 8 heteroatoms. The minimum absolute atomic E-state index is 0.433. The molecule has 0 aromatic heterocycles. The second-order valence-electron chi connectivity index (χ2n) is 5.41. The first kappa shape index (κ1) is 17.2. The smallest absolute Gasteiger partial charge is 0.323 e. The maximum atomic E-state index is 11.8. The van der Waals surface area contributed by atoms with Gasteiger partial charge in [0, 0.05) is 6.54 Å². The quantitative estimate of drug-likeness (QED) is 0.605. The van der Waals surface area contributed by atoms with E-state index in [1.54, 1.807) is 0 Å². The molecule has 0 spiro atoms. The van der Waals surface area contributed by atoms with Crippen LogP contribution in [0.4, 0.5) is 4.79 Å². The first-order valence-corrected chi connectivity index (χ1v) is 7.03. The van der Waals surface area contributed by atoms with Crippen molar-refractivity contribution in [3.8, 4) is 0 Å². The molecule has 0 aromatic rings. The summed E-state index contributed by atoms with van der Waals surface area (Å²) in [5.41, 5.74) is 0. The number of amides is 2. The van der Waals surface area contributed by atoms with E-state index in [0.29, 0.717) is 12.5 Å². The number of urea groups is 1. The molecular formula is C13H23N3O5. The summed E-state index contributed by atoms with van der Waals surface area (Å²) >= 11 is 0. The summed E-state index contributed by atoms with van der Waals surface area (Å²) in [5, 5.41) is 20.0. The first-order valence-electron chi connectivity index (χ1n) is 7.03. The molecule has 21 heavy (non-hydrogen) atoms. The van der Waals surface area contributed by atoms with Gasteiger partial charge in [0.15, 0.2) is 0 Å². The third kappa shape index (κ3) is 6.94. The molecular weight excluding hydrogens is 278 g/mol. The van der Waals surface area contributed by atoms with E-state index < -0.39 is 31.1 Å². The summed E-state index contributed by atoms with van der Waals surface area (Å²) in [6.45, 7) is 1.28. The minimum atomic E-state index is -1.23. The van der Waals surface area contributed by atoms with Gasteiger partial charge in [0.1, 0.15) is 13.1 Å². The highest BCUT2D eigenvalue weighted by molar-refractivity contribution is 5.84. The molecule has 0 aliphatic carbocycles. The van der Waals surface area contributed by atoms with Crippen LogP contribution in [0.15, 0.2) is 0 Å². The Balaban J connectivity index is 2.32. The molecule has 120 valence electrons. The van der Waals surface area contributed by atoms with Gasteiger partial charge in [0.25, 0.3) is 0 Å². The minimum Gasteiger partial charge on any atom is -0.480 e. The maximum absolute atomic E-state index is 11.8. The summed E-state index contributed by atoms with van der Waals surface area (Å²) in [5.74, 6) is -1.92. The van der Waals surface area contributed by atoms with Gasteiger partial charge in [-0.2, -0.15) is 0 Å². The highest BCUT2D eigenvalue weighted by Gasteiger charge is 2.20. The number of likely N-dealkylation sites (tertiary alicyclic amines) is 1. The van der Waals surface area contributed by atoms with Crippen LogP contribution in [-0.2, 0) is 9.59 Å². The van der Waals surface area contributed by atoms with Crippen molar-refractivity contribution in [3.63, 3.8) is 0 Å². The van der Waals surface area contributed by atoms with Gasteiger partial charge in [0.2, 0.25) is 0 Å². The molecule has 0 bridgehead atoms. The van der Waals surface area contributed by atoms with E-state index in [4.69, 9.17) is 10.2 Å². The number of carbonyl (C=O) groups is 3. The fourth-order valence-electron chi connectivity index (χ4n) is 2.37. The van der Waals surface area contributed by atoms with Gasteiger partial charge in [-0.3, -0.25) is 9.59 Å². The lowest BCUT2D eigenvalue weighted by molar-refractivity contribution is -0.140. The third-order valence-electron chi connectivity index (χ3n) is 3.61. The van der Waals surface area contributed by atoms with Crippen LogP contribution in [0.3, 0.4) is 0 Å². The van der Waals surface area contributed by atoms with Crippen LogP contribution in [0.25, 0.3) is 0 Å². The number of carboxylic acid groups (broad SMARTS) is 2. The average molecular weight is 301 g/mol. The fraction of sp³-hybridized carbons (Fsp3) is 0.769. The number of piperidine rings is 1. The Labute approximate surface area is 123 Å². The van der Waals surface area contributed by atoms with E-state index in [1.165, 1.54) is 0 Å². The van der Waals surface area contributed by atoms with Crippen molar-refractivity contribution >= 4 is 18.0 Å². The van der Waals surface area contributed by atoms with Crippen LogP contribution < -0.4 is 5.32 Å². The zero-order valence-corrected chi connectivity index (χ0v) is 12.2. The molecule has 0 aromatic carbocycles. The van der Waals surface area contributed by atoms with E-state index in [0.717, 1.165) is 37.3 Å². The monoisotopic (exact) mass is 301 g/mol. The molecule has 8 nitrogen and oxygen atoms in total. The van der Waals surface area contributed by atoms with Gasteiger partial charge >= 0.3 is 18.0 Å². The number of carbonyl (C=O) groups excluding carboxylic acids is 1. The molecule has 0 saturated carbocycles. The average Bonchev–Trinajstić information content (AvgIpc) is 2.39. The molecule has 1 heterocycles. The Bertz CT molecular complexity index is 364. The van der Waals surface area contributed by atoms with Crippen LogP contribution in [-0.4, -0.2) is 77.8 Å². The van der Waals surface area contributed by atoms with E-state index >= 15 is 0 Å². The number of carboxylic acids is 2. The Kier molecular flexibility index (Phi) is 6.93. The number of hydrogen-bond acceptors (Lipinski definition) is 4. The lowest BCUT2D eigenvalue weighted by atomic mass is 9.94. The molecule has 0 unspecified atom stereocenters. The molecule has 1 rings (SSSR count).